The number of nitrogens with zero attached hydrogens (tertiary/aromatic N) is 1. The number of carbonyl (C=O) groups is 1. The Morgan fingerprint density at radius 1 is 0.966 bits per heavy atom. The van der Waals surface area contributed by atoms with Crippen molar-refractivity contribution in [2.75, 3.05) is 5.32 Å². The molecule has 0 atom stereocenters. The van der Waals surface area contributed by atoms with E-state index >= 15 is 0 Å². The Morgan fingerprint density at radius 2 is 1.76 bits per heavy atom. The number of benzene rings is 3. The summed E-state index contributed by atoms with van der Waals surface area (Å²) in [5.74, 6) is 0.631. The number of phenolic OH excluding ortho intramolecular Hbond substituents is 1. The molecular formula is C23H18N2O4. The predicted octanol–water partition coefficient (Wildman–Crippen LogP) is 4.88. The molecule has 6 heteroatoms. The van der Waals surface area contributed by atoms with Gasteiger partial charge in [-0.25, -0.2) is 0 Å². The Balaban J connectivity index is 1.48. The number of amides is 1. The monoisotopic (exact) mass is 386 g/mol. The van der Waals surface area contributed by atoms with Gasteiger partial charge in [-0.15, -0.1) is 0 Å². The minimum Gasteiger partial charge on any atom is -0.508 e. The molecule has 1 amide bonds. The number of aromatic nitrogens is 1. The number of nitrogens with one attached hydrogen (secondary N) is 1. The Labute approximate surface area is 167 Å². The summed E-state index contributed by atoms with van der Waals surface area (Å²) < 4.78 is 11.1. The molecule has 0 unspecified atom stereocenters. The van der Waals surface area contributed by atoms with Crippen LogP contribution in [0, 0.1) is 0 Å². The van der Waals surface area contributed by atoms with E-state index in [0.29, 0.717) is 29.4 Å². The zero-order valence-electron chi connectivity index (χ0n) is 15.4. The van der Waals surface area contributed by atoms with E-state index in [2.05, 4.69) is 10.5 Å². The van der Waals surface area contributed by atoms with Crippen molar-refractivity contribution in [1.82, 2.24) is 5.16 Å². The van der Waals surface area contributed by atoms with E-state index < -0.39 is 5.91 Å². The second-order valence-electron chi connectivity index (χ2n) is 6.35. The van der Waals surface area contributed by atoms with Crippen molar-refractivity contribution in [3.63, 3.8) is 0 Å². The standard InChI is InChI=1S/C23H18N2O4/c26-18-10-6-9-17(13-18)22-14-20(25-29-22)23(27)24-19-11-4-5-12-21(19)28-15-16-7-2-1-3-8-16/h1-14,26H,15H2,(H,24,27). The summed E-state index contributed by atoms with van der Waals surface area (Å²) in [7, 11) is 0. The molecule has 0 saturated heterocycles. The van der Waals surface area contributed by atoms with Crippen LogP contribution in [0.3, 0.4) is 0 Å². The average molecular weight is 386 g/mol. The van der Waals surface area contributed by atoms with E-state index in [4.69, 9.17) is 9.26 Å². The quantitative estimate of drug-likeness (QED) is 0.493. The van der Waals surface area contributed by atoms with Gasteiger partial charge in [0.25, 0.3) is 5.91 Å². The normalized spacial score (nSPS) is 10.5. The van der Waals surface area contributed by atoms with Crippen LogP contribution in [0.2, 0.25) is 0 Å². The SMILES string of the molecule is O=C(Nc1ccccc1OCc1ccccc1)c1cc(-c2cccc(O)c2)on1. The van der Waals surface area contributed by atoms with Gasteiger partial charge in [0, 0.05) is 11.6 Å². The Morgan fingerprint density at radius 3 is 2.59 bits per heavy atom. The third kappa shape index (κ3) is 4.44. The lowest BCUT2D eigenvalue weighted by molar-refractivity contribution is 0.101. The van der Waals surface area contributed by atoms with Crippen molar-refractivity contribution in [2.45, 2.75) is 6.61 Å². The highest BCUT2D eigenvalue weighted by Crippen LogP contribution is 2.27. The summed E-state index contributed by atoms with van der Waals surface area (Å²) in [6, 6.07) is 25.0. The molecule has 0 fully saturated rings. The van der Waals surface area contributed by atoms with Crippen molar-refractivity contribution in [3.05, 3.63) is 96.2 Å². The third-order valence-electron chi connectivity index (χ3n) is 4.25. The minimum absolute atomic E-state index is 0.106. The molecule has 0 spiro atoms. The molecule has 6 nitrogen and oxygen atoms in total. The molecule has 4 rings (SSSR count). The van der Waals surface area contributed by atoms with Crippen LogP contribution in [0.4, 0.5) is 5.69 Å². The smallest absolute Gasteiger partial charge is 0.277 e. The molecule has 1 aromatic heterocycles. The first-order valence-corrected chi connectivity index (χ1v) is 9.02. The zero-order chi connectivity index (χ0) is 20.1. The van der Waals surface area contributed by atoms with Crippen molar-refractivity contribution < 1.29 is 19.2 Å². The molecule has 0 saturated carbocycles. The van der Waals surface area contributed by atoms with Crippen LogP contribution in [-0.2, 0) is 6.61 Å². The topological polar surface area (TPSA) is 84.6 Å². The van der Waals surface area contributed by atoms with E-state index in [9.17, 15) is 9.90 Å². The van der Waals surface area contributed by atoms with Gasteiger partial charge in [-0.3, -0.25) is 4.79 Å². The maximum absolute atomic E-state index is 12.6. The maximum atomic E-state index is 12.6. The second kappa shape index (κ2) is 8.31. The van der Waals surface area contributed by atoms with Crippen molar-refractivity contribution in [2.24, 2.45) is 0 Å². The molecule has 1 heterocycles. The summed E-state index contributed by atoms with van der Waals surface area (Å²) in [5.41, 5.74) is 2.32. The fourth-order valence-corrected chi connectivity index (χ4v) is 2.79. The first-order chi connectivity index (χ1) is 14.2. The van der Waals surface area contributed by atoms with Crippen molar-refractivity contribution in [1.29, 1.82) is 0 Å². The second-order valence-corrected chi connectivity index (χ2v) is 6.35. The van der Waals surface area contributed by atoms with Crippen LogP contribution in [0.5, 0.6) is 11.5 Å². The number of para-hydroxylation sites is 2. The van der Waals surface area contributed by atoms with E-state index in [1.807, 2.05) is 42.5 Å². The van der Waals surface area contributed by atoms with Gasteiger partial charge in [-0.1, -0.05) is 59.8 Å². The molecule has 3 aromatic carbocycles. The summed E-state index contributed by atoms with van der Waals surface area (Å²) >= 11 is 0. The molecule has 0 bridgehead atoms. The Hall–Kier alpha value is -4.06. The average Bonchev–Trinajstić information content (AvgIpc) is 3.24. The highest BCUT2D eigenvalue weighted by Gasteiger charge is 2.16. The van der Waals surface area contributed by atoms with Gasteiger partial charge in [-0.2, -0.15) is 0 Å². The number of phenols is 1. The van der Waals surface area contributed by atoms with Crippen LogP contribution in [0.25, 0.3) is 11.3 Å². The largest absolute Gasteiger partial charge is 0.508 e. The summed E-state index contributed by atoms with van der Waals surface area (Å²) in [6.07, 6.45) is 0. The van der Waals surface area contributed by atoms with Crippen LogP contribution in [0.1, 0.15) is 16.1 Å². The number of anilines is 1. The predicted molar refractivity (Wildman–Crippen MR) is 109 cm³/mol. The van der Waals surface area contributed by atoms with E-state index in [1.54, 1.807) is 30.3 Å². The molecule has 29 heavy (non-hydrogen) atoms. The molecule has 144 valence electrons. The number of carbonyl (C=O) groups excluding carboxylic acids is 1. The number of rotatable bonds is 6. The van der Waals surface area contributed by atoms with Gasteiger partial charge in [-0.05, 0) is 29.8 Å². The molecule has 2 N–H and O–H groups in total. The van der Waals surface area contributed by atoms with Gasteiger partial charge in [0.1, 0.15) is 18.1 Å². The summed E-state index contributed by atoms with van der Waals surface area (Å²) in [4.78, 5) is 12.6. The van der Waals surface area contributed by atoms with Gasteiger partial charge in [0.15, 0.2) is 11.5 Å². The maximum Gasteiger partial charge on any atom is 0.277 e. The van der Waals surface area contributed by atoms with Gasteiger partial charge < -0.3 is 19.7 Å². The Kier molecular flexibility index (Phi) is 5.25. The molecule has 0 aliphatic carbocycles. The fourth-order valence-electron chi connectivity index (χ4n) is 2.79. The van der Waals surface area contributed by atoms with E-state index in [0.717, 1.165) is 5.56 Å². The van der Waals surface area contributed by atoms with Crippen molar-refractivity contribution in [3.8, 4) is 22.8 Å². The van der Waals surface area contributed by atoms with Gasteiger partial charge >= 0.3 is 0 Å². The molecule has 0 radical (unpaired) electrons. The number of aromatic hydroxyl groups is 1. The van der Waals surface area contributed by atoms with Crippen LogP contribution < -0.4 is 10.1 Å². The number of hydrogen-bond donors (Lipinski definition) is 2. The van der Waals surface area contributed by atoms with Gasteiger partial charge in [0.05, 0.1) is 5.69 Å². The summed E-state index contributed by atoms with van der Waals surface area (Å²) in [6.45, 7) is 0.388. The first-order valence-electron chi connectivity index (χ1n) is 9.02. The van der Waals surface area contributed by atoms with E-state index in [-0.39, 0.29) is 11.4 Å². The number of hydrogen-bond acceptors (Lipinski definition) is 5. The van der Waals surface area contributed by atoms with Gasteiger partial charge in [0.2, 0.25) is 0 Å². The fraction of sp³-hybridized carbons (Fsp3) is 0.0435. The van der Waals surface area contributed by atoms with Crippen LogP contribution >= 0.6 is 0 Å². The zero-order valence-corrected chi connectivity index (χ0v) is 15.4. The highest BCUT2D eigenvalue weighted by atomic mass is 16.5. The molecule has 0 aliphatic rings. The number of ether oxygens (including phenoxy) is 1. The lowest BCUT2D eigenvalue weighted by Gasteiger charge is -2.11. The minimum atomic E-state index is -0.420. The molecule has 4 aromatic rings. The summed E-state index contributed by atoms with van der Waals surface area (Å²) in [5, 5.41) is 16.2. The first kappa shape index (κ1) is 18.3. The van der Waals surface area contributed by atoms with E-state index in [1.165, 1.54) is 12.1 Å². The van der Waals surface area contributed by atoms with Crippen molar-refractivity contribution >= 4 is 11.6 Å². The Bertz CT molecular complexity index is 1120. The third-order valence-corrected chi connectivity index (χ3v) is 4.25. The lowest BCUT2D eigenvalue weighted by Crippen LogP contribution is -2.13. The molecule has 0 aliphatic heterocycles. The molecular weight excluding hydrogens is 368 g/mol. The van der Waals surface area contributed by atoms with Crippen LogP contribution in [-0.4, -0.2) is 16.2 Å². The lowest BCUT2D eigenvalue weighted by atomic mass is 10.1. The van der Waals surface area contributed by atoms with Crippen LogP contribution in [0.15, 0.2) is 89.5 Å². The highest BCUT2D eigenvalue weighted by molar-refractivity contribution is 6.04.